The molecule has 2 N–H and O–H groups in total. The van der Waals surface area contributed by atoms with Crippen molar-refractivity contribution >= 4 is 15.9 Å². The fourth-order valence-corrected chi connectivity index (χ4v) is 2.79. The van der Waals surface area contributed by atoms with Crippen LogP contribution in [0, 0.1) is 0 Å². The lowest BCUT2D eigenvalue weighted by atomic mass is 9.89. The van der Waals surface area contributed by atoms with Gasteiger partial charge >= 0.3 is 0 Å². The van der Waals surface area contributed by atoms with Crippen LogP contribution in [0.2, 0.25) is 0 Å². The van der Waals surface area contributed by atoms with Gasteiger partial charge in [-0.05, 0) is 49.9 Å². The highest BCUT2D eigenvalue weighted by Crippen LogP contribution is 2.31. The summed E-state index contributed by atoms with van der Waals surface area (Å²) in [5.41, 5.74) is 7.29. The summed E-state index contributed by atoms with van der Waals surface area (Å²) in [7, 11) is 1.67. The van der Waals surface area contributed by atoms with Crippen molar-refractivity contribution in [2.75, 3.05) is 13.7 Å². The molecule has 3 nitrogen and oxygen atoms in total. The first-order valence-corrected chi connectivity index (χ1v) is 7.06. The number of halogens is 1. The first-order valence-electron chi connectivity index (χ1n) is 6.27. The van der Waals surface area contributed by atoms with Gasteiger partial charge in [-0.25, -0.2) is 0 Å². The van der Waals surface area contributed by atoms with Gasteiger partial charge in [0.15, 0.2) is 0 Å². The number of hydrogen-bond acceptors (Lipinski definition) is 3. The lowest BCUT2D eigenvalue weighted by molar-refractivity contribution is -0.000949. The molecular formula is C14H20BrNO2. The van der Waals surface area contributed by atoms with Gasteiger partial charge in [-0.15, -0.1) is 0 Å². The predicted octanol–water partition coefficient (Wildman–Crippen LogP) is 2.90. The number of benzene rings is 1. The van der Waals surface area contributed by atoms with E-state index in [1.54, 1.807) is 7.11 Å². The first-order chi connectivity index (χ1) is 8.55. The van der Waals surface area contributed by atoms with Crippen molar-refractivity contribution in [2.45, 2.75) is 37.8 Å². The Kier molecular flexibility index (Phi) is 4.30. The summed E-state index contributed by atoms with van der Waals surface area (Å²) in [5, 5.41) is 0. The molecule has 2 rings (SSSR count). The minimum absolute atomic E-state index is 0.00315. The van der Waals surface area contributed by atoms with Crippen LogP contribution in [0.15, 0.2) is 22.7 Å². The van der Waals surface area contributed by atoms with E-state index in [1.807, 2.05) is 18.2 Å². The standard InChI is InChI=1S/C14H20BrNO2/c1-14(6-3-7-18-14)13(16)9-10-8-11(17-2)4-5-12(10)15/h4-5,8,13H,3,6-7,9,16H2,1-2H3. The van der Waals surface area contributed by atoms with Crippen molar-refractivity contribution in [3.8, 4) is 5.75 Å². The quantitative estimate of drug-likeness (QED) is 0.929. The summed E-state index contributed by atoms with van der Waals surface area (Å²) in [4.78, 5) is 0. The molecule has 1 aliphatic rings. The minimum atomic E-state index is -0.192. The molecule has 1 heterocycles. The maximum absolute atomic E-state index is 6.32. The summed E-state index contributed by atoms with van der Waals surface area (Å²) in [6.07, 6.45) is 2.92. The van der Waals surface area contributed by atoms with E-state index >= 15 is 0 Å². The van der Waals surface area contributed by atoms with E-state index in [-0.39, 0.29) is 11.6 Å². The Morgan fingerprint density at radius 1 is 1.56 bits per heavy atom. The largest absolute Gasteiger partial charge is 0.497 e. The lowest BCUT2D eigenvalue weighted by Gasteiger charge is -2.30. The molecule has 0 aromatic heterocycles. The van der Waals surface area contributed by atoms with Crippen molar-refractivity contribution in [3.05, 3.63) is 28.2 Å². The number of hydrogen-bond donors (Lipinski definition) is 1. The third kappa shape index (κ3) is 2.87. The Morgan fingerprint density at radius 3 is 2.94 bits per heavy atom. The smallest absolute Gasteiger partial charge is 0.119 e. The molecule has 0 saturated carbocycles. The van der Waals surface area contributed by atoms with Crippen LogP contribution in [-0.2, 0) is 11.2 Å². The molecule has 0 amide bonds. The van der Waals surface area contributed by atoms with Crippen LogP contribution in [0.5, 0.6) is 5.75 Å². The Balaban J connectivity index is 2.13. The van der Waals surface area contributed by atoms with Crippen LogP contribution in [0.25, 0.3) is 0 Å². The molecule has 1 fully saturated rings. The van der Waals surface area contributed by atoms with Crippen LogP contribution in [0.3, 0.4) is 0 Å². The normalized spacial score (nSPS) is 25.1. The topological polar surface area (TPSA) is 44.5 Å². The second kappa shape index (κ2) is 5.59. The van der Waals surface area contributed by atoms with Crippen molar-refractivity contribution in [1.29, 1.82) is 0 Å². The van der Waals surface area contributed by atoms with E-state index in [9.17, 15) is 0 Å². The Labute approximate surface area is 117 Å². The zero-order chi connectivity index (χ0) is 13.2. The van der Waals surface area contributed by atoms with Gasteiger partial charge in [0.05, 0.1) is 12.7 Å². The predicted molar refractivity (Wildman–Crippen MR) is 76.0 cm³/mol. The molecule has 2 atom stereocenters. The molecule has 0 spiro atoms. The fourth-order valence-electron chi connectivity index (χ4n) is 2.38. The third-order valence-electron chi connectivity index (χ3n) is 3.73. The molecule has 2 unspecified atom stereocenters. The zero-order valence-corrected chi connectivity index (χ0v) is 12.5. The Bertz CT molecular complexity index is 416. The highest BCUT2D eigenvalue weighted by molar-refractivity contribution is 9.10. The van der Waals surface area contributed by atoms with Crippen molar-refractivity contribution < 1.29 is 9.47 Å². The number of ether oxygens (including phenoxy) is 2. The number of methoxy groups -OCH3 is 1. The highest BCUT2D eigenvalue weighted by Gasteiger charge is 2.36. The van der Waals surface area contributed by atoms with Crippen molar-refractivity contribution in [3.63, 3.8) is 0 Å². The SMILES string of the molecule is COc1ccc(Br)c(CC(N)C2(C)CCCO2)c1. The van der Waals surface area contributed by atoms with Gasteiger partial charge in [-0.1, -0.05) is 15.9 Å². The third-order valence-corrected chi connectivity index (χ3v) is 4.50. The second-order valence-corrected chi connectivity index (χ2v) is 5.89. The summed E-state index contributed by atoms with van der Waals surface area (Å²) in [6.45, 7) is 2.93. The summed E-state index contributed by atoms with van der Waals surface area (Å²) in [5.74, 6) is 0.859. The second-order valence-electron chi connectivity index (χ2n) is 5.03. The summed E-state index contributed by atoms with van der Waals surface area (Å²) < 4.78 is 12.1. The number of nitrogens with two attached hydrogens (primary N) is 1. The number of rotatable bonds is 4. The molecule has 1 saturated heterocycles. The fraction of sp³-hybridized carbons (Fsp3) is 0.571. The van der Waals surface area contributed by atoms with Crippen molar-refractivity contribution in [1.82, 2.24) is 0 Å². The van der Waals surface area contributed by atoms with Gasteiger partial charge in [0.1, 0.15) is 5.75 Å². The van der Waals surface area contributed by atoms with Crippen LogP contribution in [-0.4, -0.2) is 25.4 Å². The Hall–Kier alpha value is -0.580. The van der Waals surface area contributed by atoms with E-state index in [2.05, 4.69) is 22.9 Å². The van der Waals surface area contributed by atoms with E-state index in [0.717, 1.165) is 36.1 Å². The van der Waals surface area contributed by atoms with Crippen LogP contribution >= 0.6 is 15.9 Å². The van der Waals surface area contributed by atoms with Crippen LogP contribution in [0.1, 0.15) is 25.3 Å². The lowest BCUT2D eigenvalue weighted by Crippen LogP contribution is -2.46. The first kappa shape index (κ1) is 13.8. The monoisotopic (exact) mass is 313 g/mol. The summed E-state index contributed by atoms with van der Waals surface area (Å²) in [6, 6.07) is 5.97. The molecular weight excluding hydrogens is 294 g/mol. The van der Waals surface area contributed by atoms with E-state index < -0.39 is 0 Å². The minimum Gasteiger partial charge on any atom is -0.497 e. The van der Waals surface area contributed by atoms with Gasteiger partial charge in [-0.3, -0.25) is 0 Å². The van der Waals surface area contributed by atoms with Crippen LogP contribution < -0.4 is 10.5 Å². The molecule has 18 heavy (non-hydrogen) atoms. The molecule has 0 radical (unpaired) electrons. The molecule has 1 aromatic carbocycles. The summed E-state index contributed by atoms with van der Waals surface area (Å²) >= 11 is 3.56. The Morgan fingerprint density at radius 2 is 2.33 bits per heavy atom. The molecule has 1 aromatic rings. The van der Waals surface area contributed by atoms with Crippen molar-refractivity contribution in [2.24, 2.45) is 5.73 Å². The molecule has 1 aliphatic heterocycles. The average Bonchev–Trinajstić information content (AvgIpc) is 2.80. The van der Waals surface area contributed by atoms with E-state index in [4.69, 9.17) is 15.2 Å². The van der Waals surface area contributed by atoms with Gasteiger partial charge in [-0.2, -0.15) is 0 Å². The molecule has 4 heteroatoms. The average molecular weight is 314 g/mol. The van der Waals surface area contributed by atoms with E-state index in [1.165, 1.54) is 5.56 Å². The highest BCUT2D eigenvalue weighted by atomic mass is 79.9. The van der Waals surface area contributed by atoms with Crippen LogP contribution in [0.4, 0.5) is 0 Å². The van der Waals surface area contributed by atoms with E-state index in [0.29, 0.717) is 0 Å². The van der Waals surface area contributed by atoms with Gasteiger partial charge in [0.25, 0.3) is 0 Å². The maximum Gasteiger partial charge on any atom is 0.119 e. The molecule has 100 valence electrons. The van der Waals surface area contributed by atoms with Gasteiger partial charge in [0, 0.05) is 17.1 Å². The molecule has 0 aliphatic carbocycles. The maximum atomic E-state index is 6.32. The van der Waals surface area contributed by atoms with Gasteiger partial charge in [0.2, 0.25) is 0 Å². The zero-order valence-electron chi connectivity index (χ0n) is 10.9. The van der Waals surface area contributed by atoms with Gasteiger partial charge < -0.3 is 15.2 Å². The molecule has 0 bridgehead atoms.